The van der Waals surface area contributed by atoms with E-state index in [1.54, 1.807) is 48.1 Å². The van der Waals surface area contributed by atoms with E-state index in [9.17, 15) is 8.42 Å². The van der Waals surface area contributed by atoms with E-state index in [0.717, 1.165) is 11.4 Å². The number of ether oxygens (including phenoxy) is 1. The van der Waals surface area contributed by atoms with Crippen LogP contribution in [0.2, 0.25) is 0 Å². The molecule has 8 heteroatoms. The monoisotopic (exact) mass is 350 g/mol. The fourth-order valence-corrected chi connectivity index (χ4v) is 4.43. The summed E-state index contributed by atoms with van der Waals surface area (Å²) in [5.74, 6) is 1.42. The molecule has 1 aromatic carbocycles. The molecule has 1 atom stereocenters. The van der Waals surface area contributed by atoms with E-state index in [4.69, 9.17) is 4.74 Å². The molecule has 1 fully saturated rings. The van der Waals surface area contributed by atoms with Crippen molar-refractivity contribution in [3.8, 4) is 5.75 Å². The van der Waals surface area contributed by atoms with Crippen LogP contribution in [0.15, 0.2) is 36.7 Å². The number of benzene rings is 1. The van der Waals surface area contributed by atoms with Gasteiger partial charge in [0, 0.05) is 32.0 Å². The molecule has 1 unspecified atom stereocenters. The number of sulfonamides is 1. The van der Waals surface area contributed by atoms with Crippen LogP contribution < -0.4 is 4.74 Å². The van der Waals surface area contributed by atoms with Crippen molar-refractivity contribution in [2.75, 3.05) is 33.8 Å². The van der Waals surface area contributed by atoms with Crippen LogP contribution in [0.5, 0.6) is 5.75 Å². The Bertz CT molecular complexity index is 776. The second kappa shape index (κ2) is 6.92. The highest BCUT2D eigenvalue weighted by molar-refractivity contribution is 7.88. The van der Waals surface area contributed by atoms with Crippen molar-refractivity contribution >= 4 is 10.0 Å². The van der Waals surface area contributed by atoms with Gasteiger partial charge in [-0.25, -0.2) is 13.4 Å². The predicted octanol–water partition coefficient (Wildman–Crippen LogP) is 1.24. The number of nitrogens with one attached hydrogen (secondary N) is 1. The summed E-state index contributed by atoms with van der Waals surface area (Å²) in [5.41, 5.74) is 0.725. The van der Waals surface area contributed by atoms with Gasteiger partial charge in [-0.1, -0.05) is 12.1 Å². The Balaban J connectivity index is 1.76. The lowest BCUT2D eigenvalue weighted by Crippen LogP contribution is -2.49. The summed E-state index contributed by atoms with van der Waals surface area (Å²) >= 11 is 0. The molecule has 2 aromatic rings. The number of H-pyrrole nitrogens is 1. The molecule has 2 heterocycles. The second-order valence-electron chi connectivity index (χ2n) is 5.94. The molecule has 7 nitrogen and oxygen atoms in total. The summed E-state index contributed by atoms with van der Waals surface area (Å²) < 4.78 is 32.3. The number of rotatable bonds is 5. The zero-order valence-electron chi connectivity index (χ0n) is 13.8. The second-order valence-corrected chi connectivity index (χ2v) is 7.91. The van der Waals surface area contributed by atoms with E-state index < -0.39 is 10.0 Å². The SMILES string of the molecule is COc1cccc(CS(=O)(=O)N2CCN(C)C(c3ncc[nH]3)C2)c1. The first-order chi connectivity index (χ1) is 11.5. The third kappa shape index (κ3) is 3.61. The number of aromatic amines is 1. The van der Waals surface area contributed by atoms with Gasteiger partial charge in [-0.15, -0.1) is 0 Å². The fourth-order valence-electron chi connectivity index (χ4n) is 2.92. The van der Waals surface area contributed by atoms with Gasteiger partial charge in [-0.05, 0) is 24.7 Å². The molecular formula is C16H22N4O3S. The minimum Gasteiger partial charge on any atom is -0.497 e. The molecule has 1 saturated heterocycles. The van der Waals surface area contributed by atoms with Gasteiger partial charge < -0.3 is 9.72 Å². The number of nitrogens with zero attached hydrogens (tertiary/aromatic N) is 3. The van der Waals surface area contributed by atoms with Crippen molar-refractivity contribution < 1.29 is 13.2 Å². The average molecular weight is 350 g/mol. The van der Waals surface area contributed by atoms with Crippen LogP contribution in [0.1, 0.15) is 17.4 Å². The largest absolute Gasteiger partial charge is 0.497 e. The molecule has 1 aliphatic heterocycles. The molecule has 130 valence electrons. The molecule has 1 aromatic heterocycles. The van der Waals surface area contributed by atoms with Gasteiger partial charge >= 0.3 is 0 Å². The third-order valence-corrected chi connectivity index (χ3v) is 6.14. The lowest BCUT2D eigenvalue weighted by Gasteiger charge is -2.37. The lowest BCUT2D eigenvalue weighted by atomic mass is 10.2. The average Bonchev–Trinajstić information content (AvgIpc) is 3.09. The zero-order chi connectivity index (χ0) is 17.2. The quantitative estimate of drug-likeness (QED) is 0.878. The highest BCUT2D eigenvalue weighted by Crippen LogP contribution is 2.25. The number of hydrogen-bond acceptors (Lipinski definition) is 5. The highest BCUT2D eigenvalue weighted by atomic mass is 32.2. The van der Waals surface area contributed by atoms with Gasteiger partial charge in [-0.3, -0.25) is 4.90 Å². The molecule has 0 saturated carbocycles. The van der Waals surface area contributed by atoms with Gasteiger partial charge in [0.15, 0.2) is 0 Å². The molecule has 0 spiro atoms. The number of piperazine rings is 1. The first-order valence-electron chi connectivity index (χ1n) is 7.80. The number of imidazole rings is 1. The standard InChI is InChI=1S/C16H22N4O3S/c1-19-8-9-20(11-15(19)16-17-6-7-18-16)24(21,22)12-13-4-3-5-14(10-13)23-2/h3-7,10,15H,8-9,11-12H2,1-2H3,(H,17,18). The fraction of sp³-hybridized carbons (Fsp3) is 0.438. The van der Waals surface area contributed by atoms with Crippen molar-refractivity contribution in [1.82, 2.24) is 19.2 Å². The lowest BCUT2D eigenvalue weighted by molar-refractivity contribution is 0.142. The first kappa shape index (κ1) is 16.9. The van der Waals surface area contributed by atoms with E-state index in [2.05, 4.69) is 14.9 Å². The number of hydrogen-bond donors (Lipinski definition) is 1. The summed E-state index contributed by atoms with van der Waals surface area (Å²) in [6, 6.07) is 7.12. The summed E-state index contributed by atoms with van der Waals surface area (Å²) in [7, 11) is 0.157. The van der Waals surface area contributed by atoms with Gasteiger partial charge in [0.25, 0.3) is 0 Å². The summed E-state index contributed by atoms with van der Waals surface area (Å²) in [6.07, 6.45) is 3.44. The minimum absolute atomic E-state index is 0.0290. The minimum atomic E-state index is -3.40. The molecule has 24 heavy (non-hydrogen) atoms. The Morgan fingerprint density at radius 1 is 1.38 bits per heavy atom. The Morgan fingerprint density at radius 2 is 2.21 bits per heavy atom. The summed E-state index contributed by atoms with van der Waals surface area (Å²) in [6.45, 7) is 1.55. The Hall–Kier alpha value is -1.90. The summed E-state index contributed by atoms with van der Waals surface area (Å²) in [4.78, 5) is 9.48. The molecule has 0 amide bonds. The first-order valence-corrected chi connectivity index (χ1v) is 9.41. The number of aromatic nitrogens is 2. The molecule has 0 bridgehead atoms. The number of likely N-dealkylation sites (N-methyl/N-ethyl adjacent to an activating group) is 1. The van der Waals surface area contributed by atoms with Crippen molar-refractivity contribution in [3.63, 3.8) is 0 Å². The van der Waals surface area contributed by atoms with Crippen LogP contribution in [0.3, 0.4) is 0 Å². The topological polar surface area (TPSA) is 78.5 Å². The molecule has 1 aliphatic rings. The Kier molecular flexibility index (Phi) is 4.88. The third-order valence-electron chi connectivity index (χ3n) is 4.32. The van der Waals surface area contributed by atoms with Crippen LogP contribution in [0.4, 0.5) is 0 Å². The van der Waals surface area contributed by atoms with Gasteiger partial charge in [-0.2, -0.15) is 4.31 Å². The van der Waals surface area contributed by atoms with E-state index in [-0.39, 0.29) is 11.8 Å². The predicted molar refractivity (Wildman–Crippen MR) is 91.1 cm³/mol. The van der Waals surface area contributed by atoms with Gasteiger partial charge in [0.05, 0.1) is 18.9 Å². The van der Waals surface area contributed by atoms with Crippen molar-refractivity contribution in [3.05, 3.63) is 48.0 Å². The normalized spacial score (nSPS) is 20.2. The van der Waals surface area contributed by atoms with Crippen molar-refractivity contribution in [2.45, 2.75) is 11.8 Å². The van der Waals surface area contributed by atoms with Gasteiger partial charge in [0.1, 0.15) is 11.6 Å². The van der Waals surface area contributed by atoms with Crippen LogP contribution >= 0.6 is 0 Å². The van der Waals surface area contributed by atoms with E-state index >= 15 is 0 Å². The van der Waals surface area contributed by atoms with Crippen molar-refractivity contribution in [2.24, 2.45) is 0 Å². The van der Waals surface area contributed by atoms with Gasteiger partial charge in [0.2, 0.25) is 10.0 Å². The van der Waals surface area contributed by atoms with Crippen molar-refractivity contribution in [1.29, 1.82) is 0 Å². The van der Waals surface area contributed by atoms with Crippen LogP contribution in [0.25, 0.3) is 0 Å². The highest BCUT2D eigenvalue weighted by Gasteiger charge is 2.33. The zero-order valence-corrected chi connectivity index (χ0v) is 14.7. The maximum atomic E-state index is 12.8. The number of methoxy groups -OCH3 is 1. The maximum absolute atomic E-state index is 12.8. The van der Waals surface area contributed by atoms with E-state index in [1.165, 1.54) is 0 Å². The van der Waals surface area contributed by atoms with E-state index in [1.807, 2.05) is 7.05 Å². The molecule has 3 rings (SSSR count). The smallest absolute Gasteiger partial charge is 0.218 e. The Labute approximate surface area is 142 Å². The molecule has 0 radical (unpaired) electrons. The molecule has 1 N–H and O–H groups in total. The van der Waals surface area contributed by atoms with Crippen LogP contribution in [-0.4, -0.2) is 61.4 Å². The summed E-state index contributed by atoms with van der Waals surface area (Å²) in [5, 5.41) is 0. The Morgan fingerprint density at radius 3 is 2.92 bits per heavy atom. The molecular weight excluding hydrogens is 328 g/mol. The van der Waals surface area contributed by atoms with E-state index in [0.29, 0.717) is 25.4 Å². The van der Waals surface area contributed by atoms with Crippen LogP contribution in [-0.2, 0) is 15.8 Å². The molecule has 0 aliphatic carbocycles. The maximum Gasteiger partial charge on any atom is 0.218 e. The van der Waals surface area contributed by atoms with Crippen LogP contribution in [0, 0.1) is 0 Å².